The van der Waals surface area contributed by atoms with Gasteiger partial charge in [0, 0.05) is 17.8 Å². The van der Waals surface area contributed by atoms with Gasteiger partial charge in [-0.05, 0) is 80.5 Å². The van der Waals surface area contributed by atoms with E-state index in [2.05, 4.69) is 29.3 Å². The molecule has 1 aromatic heterocycles. The van der Waals surface area contributed by atoms with Crippen LogP contribution in [0.2, 0.25) is 0 Å². The molecule has 1 saturated heterocycles. The van der Waals surface area contributed by atoms with Gasteiger partial charge in [0.2, 0.25) is 0 Å². The molecular formula is C21H29NOS. The summed E-state index contributed by atoms with van der Waals surface area (Å²) in [6.07, 6.45) is 12.9. The molecule has 3 aliphatic rings. The lowest BCUT2D eigenvalue weighted by Gasteiger charge is -2.42. The topological polar surface area (TPSA) is 20.3 Å². The molecular weight excluding hydrogens is 314 g/mol. The fraction of sp³-hybridized carbons (Fsp3) is 0.667. The van der Waals surface area contributed by atoms with Crippen molar-refractivity contribution in [2.75, 3.05) is 6.54 Å². The van der Waals surface area contributed by atoms with Crippen molar-refractivity contribution in [3.63, 3.8) is 0 Å². The molecule has 2 nitrogen and oxygen atoms in total. The van der Waals surface area contributed by atoms with Crippen LogP contribution >= 0.6 is 11.3 Å². The molecule has 1 aromatic rings. The van der Waals surface area contributed by atoms with Crippen molar-refractivity contribution in [1.82, 2.24) is 4.90 Å². The highest BCUT2D eigenvalue weighted by molar-refractivity contribution is 7.10. The first-order chi connectivity index (χ1) is 11.7. The average Bonchev–Trinajstić information content (AvgIpc) is 3.32. The van der Waals surface area contributed by atoms with Crippen molar-refractivity contribution >= 4 is 17.1 Å². The molecule has 1 aliphatic heterocycles. The Hall–Kier alpha value is -0.930. The molecule has 24 heavy (non-hydrogen) atoms. The van der Waals surface area contributed by atoms with Crippen LogP contribution in [0.25, 0.3) is 0 Å². The van der Waals surface area contributed by atoms with Crippen molar-refractivity contribution in [2.24, 2.45) is 0 Å². The second kappa shape index (κ2) is 6.76. The molecule has 0 aromatic carbocycles. The molecule has 0 radical (unpaired) electrons. The molecule has 130 valence electrons. The van der Waals surface area contributed by atoms with E-state index in [4.69, 9.17) is 0 Å². The Balaban J connectivity index is 1.56. The number of Topliss-reactive ketones (excluding diaryl/α,β-unsaturated/α-hetero) is 1. The molecule has 0 amide bonds. The highest BCUT2D eigenvalue weighted by Gasteiger charge is 2.50. The molecule has 1 atom stereocenters. The van der Waals surface area contributed by atoms with Crippen molar-refractivity contribution in [3.05, 3.63) is 33.5 Å². The summed E-state index contributed by atoms with van der Waals surface area (Å²) in [5.74, 6) is 1.27. The van der Waals surface area contributed by atoms with Crippen molar-refractivity contribution in [2.45, 2.75) is 82.7 Å². The number of carbonyl (C=O) groups is 1. The van der Waals surface area contributed by atoms with E-state index in [0.717, 1.165) is 51.1 Å². The molecule has 2 saturated carbocycles. The van der Waals surface area contributed by atoms with Crippen LogP contribution in [0, 0.1) is 0 Å². The van der Waals surface area contributed by atoms with Crippen molar-refractivity contribution in [3.8, 4) is 0 Å². The number of likely N-dealkylation sites (tertiary alicyclic amines) is 1. The lowest BCUT2D eigenvalue weighted by Crippen LogP contribution is -2.53. The summed E-state index contributed by atoms with van der Waals surface area (Å²) in [5, 5.41) is 2.38. The van der Waals surface area contributed by atoms with Crippen LogP contribution in [0.4, 0.5) is 0 Å². The Morgan fingerprint density at radius 3 is 2.88 bits per heavy atom. The standard InChI is InChI=1S/C21H29NOS/c1-2-18-9-5-10-20(23)21(18)11-6-12-22(21)14-19-13-17(15-24-19)16-7-3-4-8-16/h2,13,15-16H,3-12,14H2,1H3/b18-2+. The van der Waals surface area contributed by atoms with Gasteiger partial charge < -0.3 is 0 Å². The summed E-state index contributed by atoms with van der Waals surface area (Å²) in [6, 6.07) is 2.44. The summed E-state index contributed by atoms with van der Waals surface area (Å²) >= 11 is 1.91. The highest BCUT2D eigenvalue weighted by Crippen LogP contribution is 2.44. The highest BCUT2D eigenvalue weighted by atomic mass is 32.1. The summed E-state index contributed by atoms with van der Waals surface area (Å²) in [5.41, 5.74) is 2.69. The van der Waals surface area contributed by atoms with E-state index in [1.54, 1.807) is 5.56 Å². The zero-order valence-electron chi connectivity index (χ0n) is 14.9. The van der Waals surface area contributed by atoms with E-state index >= 15 is 0 Å². The second-order valence-corrected chi connectivity index (χ2v) is 8.80. The number of hydrogen-bond acceptors (Lipinski definition) is 3. The Bertz CT molecular complexity index is 640. The third kappa shape index (κ3) is 2.70. The van der Waals surface area contributed by atoms with Gasteiger partial charge in [-0.15, -0.1) is 11.3 Å². The Morgan fingerprint density at radius 2 is 2.08 bits per heavy atom. The van der Waals surface area contributed by atoms with Gasteiger partial charge >= 0.3 is 0 Å². The fourth-order valence-electron chi connectivity index (χ4n) is 5.33. The summed E-state index contributed by atoms with van der Waals surface area (Å²) in [7, 11) is 0. The number of carbonyl (C=O) groups excluding carboxylic acids is 1. The van der Waals surface area contributed by atoms with Gasteiger partial charge in [-0.2, -0.15) is 0 Å². The van der Waals surface area contributed by atoms with Crippen LogP contribution < -0.4 is 0 Å². The fourth-order valence-corrected chi connectivity index (χ4v) is 6.31. The molecule has 4 rings (SSSR count). The van der Waals surface area contributed by atoms with Crippen LogP contribution in [0.5, 0.6) is 0 Å². The third-order valence-electron chi connectivity index (χ3n) is 6.54. The van der Waals surface area contributed by atoms with Crippen molar-refractivity contribution in [1.29, 1.82) is 0 Å². The van der Waals surface area contributed by atoms with E-state index in [1.807, 2.05) is 11.3 Å². The molecule has 2 aliphatic carbocycles. The van der Waals surface area contributed by atoms with Crippen molar-refractivity contribution < 1.29 is 4.79 Å². The number of rotatable bonds is 3. The van der Waals surface area contributed by atoms with E-state index in [0.29, 0.717) is 5.78 Å². The zero-order valence-corrected chi connectivity index (χ0v) is 15.7. The third-order valence-corrected chi connectivity index (χ3v) is 7.48. The maximum atomic E-state index is 12.9. The van der Waals surface area contributed by atoms with Gasteiger partial charge in [0.15, 0.2) is 5.78 Å². The van der Waals surface area contributed by atoms with E-state index in [-0.39, 0.29) is 5.54 Å². The van der Waals surface area contributed by atoms with Gasteiger partial charge in [0.1, 0.15) is 5.54 Å². The molecule has 2 heterocycles. The average molecular weight is 344 g/mol. The van der Waals surface area contributed by atoms with E-state index in [1.165, 1.54) is 36.1 Å². The van der Waals surface area contributed by atoms with Crippen LogP contribution in [0.1, 0.15) is 81.1 Å². The number of ketones is 1. The maximum Gasteiger partial charge on any atom is 0.157 e. The monoisotopic (exact) mass is 343 g/mol. The minimum atomic E-state index is -0.259. The Kier molecular flexibility index (Phi) is 4.66. The number of thiophene rings is 1. The van der Waals surface area contributed by atoms with Crippen LogP contribution in [-0.4, -0.2) is 22.8 Å². The first-order valence-corrected chi connectivity index (χ1v) is 10.6. The number of hydrogen-bond donors (Lipinski definition) is 0. The normalized spacial score (nSPS) is 30.9. The molecule has 1 unspecified atom stereocenters. The van der Waals surface area contributed by atoms with E-state index < -0.39 is 0 Å². The second-order valence-electron chi connectivity index (χ2n) is 7.80. The minimum Gasteiger partial charge on any atom is -0.297 e. The van der Waals surface area contributed by atoms with Crippen LogP contribution in [0.3, 0.4) is 0 Å². The van der Waals surface area contributed by atoms with Crippen LogP contribution in [0.15, 0.2) is 23.1 Å². The maximum absolute atomic E-state index is 12.9. The quantitative estimate of drug-likeness (QED) is 0.681. The van der Waals surface area contributed by atoms with Crippen LogP contribution in [-0.2, 0) is 11.3 Å². The smallest absolute Gasteiger partial charge is 0.157 e. The molecule has 0 bridgehead atoms. The Labute approximate surface area is 149 Å². The minimum absolute atomic E-state index is 0.259. The Morgan fingerprint density at radius 1 is 1.25 bits per heavy atom. The lowest BCUT2D eigenvalue weighted by molar-refractivity contribution is -0.129. The van der Waals surface area contributed by atoms with Gasteiger partial charge in [0.05, 0.1) is 0 Å². The van der Waals surface area contributed by atoms with Gasteiger partial charge in [-0.1, -0.05) is 18.9 Å². The van der Waals surface area contributed by atoms with Gasteiger partial charge in [0.25, 0.3) is 0 Å². The largest absolute Gasteiger partial charge is 0.297 e. The predicted molar refractivity (Wildman–Crippen MR) is 101 cm³/mol. The zero-order chi connectivity index (χ0) is 16.6. The summed E-state index contributed by atoms with van der Waals surface area (Å²) in [6.45, 7) is 4.15. The van der Waals surface area contributed by atoms with E-state index in [9.17, 15) is 4.79 Å². The molecule has 3 heteroatoms. The first kappa shape index (κ1) is 16.5. The SMILES string of the molecule is C/C=C1\CCCC(=O)C12CCCN2Cc1cc(C2CCCC2)cs1. The van der Waals surface area contributed by atoms with Gasteiger partial charge in [-0.3, -0.25) is 9.69 Å². The van der Waals surface area contributed by atoms with Gasteiger partial charge in [-0.25, -0.2) is 0 Å². The first-order valence-electron chi connectivity index (χ1n) is 9.75. The summed E-state index contributed by atoms with van der Waals surface area (Å²) < 4.78 is 0. The summed E-state index contributed by atoms with van der Waals surface area (Å²) in [4.78, 5) is 16.9. The number of nitrogens with zero attached hydrogens (tertiary/aromatic N) is 1. The predicted octanol–water partition coefficient (Wildman–Crippen LogP) is 5.44. The number of allylic oxidation sites excluding steroid dienone is 1. The lowest BCUT2D eigenvalue weighted by atomic mass is 9.74. The molecule has 1 spiro atoms. The molecule has 3 fully saturated rings. The molecule has 0 N–H and O–H groups in total.